The summed E-state index contributed by atoms with van der Waals surface area (Å²) in [5.41, 5.74) is 0.780. The highest BCUT2D eigenvalue weighted by Crippen LogP contribution is 2.30. The predicted molar refractivity (Wildman–Crippen MR) is 112 cm³/mol. The van der Waals surface area contributed by atoms with Crippen molar-refractivity contribution in [1.82, 2.24) is 10.2 Å². The Hall–Kier alpha value is -2.08. The third-order valence-corrected chi connectivity index (χ3v) is 5.04. The van der Waals surface area contributed by atoms with Crippen LogP contribution in [0.3, 0.4) is 0 Å². The van der Waals surface area contributed by atoms with E-state index in [1.54, 1.807) is 0 Å². The number of carbonyl (C=O) groups is 2. The number of hydrogen-bond acceptors (Lipinski definition) is 4. The van der Waals surface area contributed by atoms with E-state index in [1.807, 2.05) is 52.2 Å². The van der Waals surface area contributed by atoms with Crippen LogP contribution in [0.4, 0.5) is 5.69 Å². The van der Waals surface area contributed by atoms with Crippen LogP contribution in [-0.2, 0) is 9.59 Å². The fourth-order valence-corrected chi connectivity index (χ4v) is 3.50. The van der Waals surface area contributed by atoms with Crippen molar-refractivity contribution in [2.75, 3.05) is 32.5 Å². The molecule has 2 rings (SSSR count). The van der Waals surface area contributed by atoms with Crippen LogP contribution in [0.25, 0.3) is 0 Å². The van der Waals surface area contributed by atoms with Gasteiger partial charge in [0.15, 0.2) is 0 Å². The number of rotatable bonds is 9. The number of ether oxygens (including phenoxy) is 1. The maximum atomic E-state index is 12.5. The molecule has 1 saturated carbocycles. The zero-order valence-electron chi connectivity index (χ0n) is 17.7. The Labute approximate surface area is 169 Å². The predicted octanol–water partition coefficient (Wildman–Crippen LogP) is 3.29. The van der Waals surface area contributed by atoms with Gasteiger partial charge in [0.25, 0.3) is 0 Å². The molecule has 0 bridgehead atoms. The second-order valence-electron chi connectivity index (χ2n) is 8.18. The number of nitrogens with zero attached hydrogens (tertiary/aromatic N) is 1. The van der Waals surface area contributed by atoms with Gasteiger partial charge >= 0.3 is 0 Å². The van der Waals surface area contributed by atoms with Crippen LogP contribution < -0.4 is 15.4 Å². The first kappa shape index (κ1) is 22.2. The van der Waals surface area contributed by atoms with Crippen molar-refractivity contribution in [3.8, 4) is 5.75 Å². The number of anilines is 1. The molecule has 0 heterocycles. The summed E-state index contributed by atoms with van der Waals surface area (Å²) in [6.45, 7) is 5.65. The van der Waals surface area contributed by atoms with Gasteiger partial charge in [-0.15, -0.1) is 0 Å². The van der Waals surface area contributed by atoms with Crippen molar-refractivity contribution < 1.29 is 14.3 Å². The maximum Gasteiger partial charge on any atom is 0.227 e. The van der Waals surface area contributed by atoms with Gasteiger partial charge < -0.3 is 20.3 Å². The van der Waals surface area contributed by atoms with E-state index in [0.29, 0.717) is 6.54 Å². The van der Waals surface area contributed by atoms with Gasteiger partial charge in [-0.25, -0.2) is 0 Å². The van der Waals surface area contributed by atoms with E-state index < -0.39 is 0 Å². The minimum Gasteiger partial charge on any atom is -0.491 e. The molecule has 0 aromatic heterocycles. The maximum absolute atomic E-state index is 12.5. The lowest BCUT2D eigenvalue weighted by Gasteiger charge is -2.27. The topological polar surface area (TPSA) is 70.7 Å². The molecule has 2 N–H and O–H groups in total. The molecule has 6 nitrogen and oxygen atoms in total. The standard InChI is InChI=1S/C22H35N3O3/c1-16(2)28-20-12-10-19(11-13-20)24-22(27)18-8-6-17(7-9-18)21(26)23-14-5-15-25(3)4/h10-13,16-18H,5-9,14-15H2,1-4H3,(H,23,26)(H,24,27). The highest BCUT2D eigenvalue weighted by atomic mass is 16.5. The van der Waals surface area contributed by atoms with Crippen molar-refractivity contribution in [2.45, 2.75) is 52.1 Å². The number of nitrogens with one attached hydrogen (secondary N) is 2. The van der Waals surface area contributed by atoms with Crippen LogP contribution in [0.2, 0.25) is 0 Å². The van der Waals surface area contributed by atoms with Gasteiger partial charge in [0.1, 0.15) is 5.75 Å². The van der Waals surface area contributed by atoms with Gasteiger partial charge in [-0.2, -0.15) is 0 Å². The fraction of sp³-hybridized carbons (Fsp3) is 0.636. The molecule has 0 unspecified atom stereocenters. The molecule has 156 valence electrons. The van der Waals surface area contributed by atoms with Gasteiger partial charge in [0.2, 0.25) is 11.8 Å². The highest BCUT2D eigenvalue weighted by Gasteiger charge is 2.29. The van der Waals surface area contributed by atoms with E-state index in [2.05, 4.69) is 15.5 Å². The molecule has 0 atom stereocenters. The zero-order chi connectivity index (χ0) is 20.5. The van der Waals surface area contributed by atoms with Crippen LogP contribution in [0.5, 0.6) is 5.75 Å². The molecule has 1 aromatic rings. The number of carbonyl (C=O) groups excluding carboxylic acids is 2. The van der Waals surface area contributed by atoms with Crippen LogP contribution in [0.15, 0.2) is 24.3 Å². The molecule has 0 aliphatic heterocycles. The normalized spacial score (nSPS) is 19.5. The van der Waals surface area contributed by atoms with E-state index in [9.17, 15) is 9.59 Å². The van der Waals surface area contributed by atoms with E-state index in [4.69, 9.17) is 4.74 Å². The van der Waals surface area contributed by atoms with Gasteiger partial charge in [0, 0.05) is 24.1 Å². The van der Waals surface area contributed by atoms with E-state index >= 15 is 0 Å². The number of benzene rings is 1. The zero-order valence-corrected chi connectivity index (χ0v) is 17.7. The summed E-state index contributed by atoms with van der Waals surface area (Å²) in [6.07, 6.45) is 4.15. The molecule has 28 heavy (non-hydrogen) atoms. The Morgan fingerprint density at radius 1 is 1.04 bits per heavy atom. The van der Waals surface area contributed by atoms with Crippen molar-refractivity contribution >= 4 is 17.5 Å². The van der Waals surface area contributed by atoms with Crippen molar-refractivity contribution in [3.05, 3.63) is 24.3 Å². The quantitative estimate of drug-likeness (QED) is 0.636. The van der Waals surface area contributed by atoms with Crippen LogP contribution >= 0.6 is 0 Å². The summed E-state index contributed by atoms with van der Waals surface area (Å²) < 4.78 is 5.62. The molecule has 0 radical (unpaired) electrons. The average Bonchev–Trinajstić information content (AvgIpc) is 2.66. The Balaban J connectivity index is 1.72. The average molecular weight is 390 g/mol. The van der Waals surface area contributed by atoms with Crippen LogP contribution in [0.1, 0.15) is 46.0 Å². The minimum atomic E-state index is -0.0237. The van der Waals surface area contributed by atoms with Crippen LogP contribution in [0, 0.1) is 11.8 Å². The number of amides is 2. The smallest absolute Gasteiger partial charge is 0.227 e. The van der Waals surface area contributed by atoms with Crippen LogP contribution in [-0.4, -0.2) is 50.0 Å². The lowest BCUT2D eigenvalue weighted by molar-refractivity contribution is -0.128. The molecular weight excluding hydrogens is 354 g/mol. The molecule has 1 aromatic carbocycles. The molecule has 1 fully saturated rings. The highest BCUT2D eigenvalue weighted by molar-refractivity contribution is 5.92. The molecule has 0 spiro atoms. The largest absolute Gasteiger partial charge is 0.491 e. The summed E-state index contributed by atoms with van der Waals surface area (Å²) >= 11 is 0. The first-order chi connectivity index (χ1) is 13.3. The lowest BCUT2D eigenvalue weighted by atomic mass is 9.81. The summed E-state index contributed by atoms with van der Waals surface area (Å²) in [6, 6.07) is 7.46. The molecule has 0 saturated heterocycles. The number of hydrogen-bond donors (Lipinski definition) is 2. The molecule has 6 heteroatoms. The fourth-order valence-electron chi connectivity index (χ4n) is 3.50. The summed E-state index contributed by atoms with van der Waals surface area (Å²) in [7, 11) is 4.06. The molecule has 1 aliphatic rings. The molecular formula is C22H35N3O3. The Bertz CT molecular complexity index is 620. The van der Waals surface area contributed by atoms with Crippen molar-refractivity contribution in [1.29, 1.82) is 0 Å². The van der Waals surface area contributed by atoms with E-state index in [1.165, 1.54) is 0 Å². The summed E-state index contributed by atoms with van der Waals surface area (Å²) in [5.74, 6) is 0.992. The lowest BCUT2D eigenvalue weighted by Crippen LogP contribution is -2.36. The summed E-state index contributed by atoms with van der Waals surface area (Å²) in [5, 5.41) is 6.02. The van der Waals surface area contributed by atoms with E-state index in [-0.39, 0.29) is 29.8 Å². The van der Waals surface area contributed by atoms with Gasteiger partial charge in [-0.05, 0) is 90.9 Å². The molecule has 1 aliphatic carbocycles. The van der Waals surface area contributed by atoms with Gasteiger partial charge in [-0.1, -0.05) is 0 Å². The van der Waals surface area contributed by atoms with Crippen molar-refractivity contribution in [2.24, 2.45) is 11.8 Å². The monoisotopic (exact) mass is 389 g/mol. The van der Waals surface area contributed by atoms with Crippen molar-refractivity contribution in [3.63, 3.8) is 0 Å². The minimum absolute atomic E-state index is 0.0237. The third kappa shape index (κ3) is 7.50. The third-order valence-electron chi connectivity index (χ3n) is 5.04. The van der Waals surface area contributed by atoms with Gasteiger partial charge in [-0.3, -0.25) is 9.59 Å². The van der Waals surface area contributed by atoms with E-state index in [0.717, 1.165) is 50.1 Å². The second kappa shape index (κ2) is 11.1. The first-order valence-electron chi connectivity index (χ1n) is 10.3. The Morgan fingerprint density at radius 2 is 1.61 bits per heavy atom. The Kier molecular flexibility index (Phi) is 8.77. The van der Waals surface area contributed by atoms with Gasteiger partial charge in [0.05, 0.1) is 6.10 Å². The molecule has 2 amide bonds. The SMILES string of the molecule is CC(C)Oc1ccc(NC(=O)C2CCC(C(=O)NCCCN(C)C)CC2)cc1. The second-order valence-corrected chi connectivity index (χ2v) is 8.18. The summed E-state index contributed by atoms with van der Waals surface area (Å²) in [4.78, 5) is 26.9. The first-order valence-corrected chi connectivity index (χ1v) is 10.3. The Morgan fingerprint density at radius 3 is 2.14 bits per heavy atom.